The van der Waals surface area contributed by atoms with Gasteiger partial charge in [-0.2, -0.15) is 15.0 Å². The molecule has 2 heterocycles. The predicted molar refractivity (Wildman–Crippen MR) is 91.3 cm³/mol. The van der Waals surface area contributed by atoms with E-state index in [0.29, 0.717) is 22.5 Å². The van der Waals surface area contributed by atoms with Gasteiger partial charge in [0.1, 0.15) is 0 Å². The molecule has 124 valence electrons. The molecule has 0 radical (unpaired) electrons. The van der Waals surface area contributed by atoms with Crippen LogP contribution in [0.15, 0.2) is 42.7 Å². The van der Waals surface area contributed by atoms with Gasteiger partial charge in [0.2, 0.25) is 5.88 Å². The van der Waals surface area contributed by atoms with Crippen LogP contribution in [0.5, 0.6) is 5.88 Å². The molecule has 0 unspecified atom stereocenters. The van der Waals surface area contributed by atoms with Crippen LogP contribution >= 0.6 is 0 Å². The summed E-state index contributed by atoms with van der Waals surface area (Å²) < 4.78 is 1.29. The minimum Gasteiger partial charge on any atom is -0.493 e. The smallest absolute Gasteiger partial charge is 0.252 e. The van der Waals surface area contributed by atoms with Gasteiger partial charge in [0.15, 0.2) is 5.82 Å². The maximum atomic E-state index is 11.6. The van der Waals surface area contributed by atoms with Gasteiger partial charge in [0, 0.05) is 13.2 Å². The average Bonchev–Trinajstić information content (AvgIpc) is 3.02. The van der Waals surface area contributed by atoms with E-state index in [1.165, 1.54) is 17.1 Å². The highest BCUT2D eigenvalue weighted by molar-refractivity contribution is 5.93. The van der Waals surface area contributed by atoms with Crippen molar-refractivity contribution in [1.29, 1.82) is 5.26 Å². The van der Waals surface area contributed by atoms with Gasteiger partial charge in [-0.25, -0.2) is 4.98 Å². The lowest BCUT2D eigenvalue weighted by atomic mass is 10.0. The van der Waals surface area contributed by atoms with Crippen molar-refractivity contribution in [3.63, 3.8) is 0 Å². The van der Waals surface area contributed by atoms with Crippen LogP contribution in [-0.4, -0.2) is 32.8 Å². The number of nitrogens with one attached hydrogen (secondary N) is 1. The van der Waals surface area contributed by atoms with Crippen LogP contribution in [-0.2, 0) is 0 Å². The van der Waals surface area contributed by atoms with Crippen molar-refractivity contribution in [3.8, 4) is 28.9 Å². The third-order valence-electron chi connectivity index (χ3n) is 3.84. The molecule has 2 aromatic heterocycles. The second-order valence-electron chi connectivity index (χ2n) is 5.42. The number of nitriles is 1. The zero-order valence-electron chi connectivity index (χ0n) is 13.7. The summed E-state index contributed by atoms with van der Waals surface area (Å²) in [5, 5.41) is 26.2. The first-order chi connectivity index (χ1) is 12.0. The van der Waals surface area contributed by atoms with Crippen LogP contribution in [0, 0.1) is 18.3 Å². The number of rotatable bonds is 3. The predicted octanol–water partition coefficient (Wildman–Crippen LogP) is 2.18. The van der Waals surface area contributed by atoms with E-state index in [1.54, 1.807) is 37.4 Å². The summed E-state index contributed by atoms with van der Waals surface area (Å²) in [6.45, 7) is 1.86. The Kier molecular flexibility index (Phi) is 4.18. The van der Waals surface area contributed by atoms with Gasteiger partial charge in [0.25, 0.3) is 5.91 Å². The van der Waals surface area contributed by atoms with Crippen LogP contribution in [0.1, 0.15) is 21.5 Å². The molecule has 0 aliphatic rings. The third-order valence-corrected chi connectivity index (χ3v) is 3.84. The molecule has 7 heteroatoms. The molecule has 0 fully saturated rings. The molecule has 0 aliphatic carbocycles. The Bertz CT molecular complexity index is 984. The minimum absolute atomic E-state index is 0.0620. The highest BCUT2D eigenvalue weighted by Gasteiger charge is 2.16. The van der Waals surface area contributed by atoms with Gasteiger partial charge in [-0.05, 0) is 42.3 Å². The normalized spacial score (nSPS) is 10.3. The second-order valence-corrected chi connectivity index (χ2v) is 5.42. The third kappa shape index (κ3) is 2.93. The number of carbonyl (C=O) groups is 1. The molecule has 0 saturated heterocycles. The number of aromatic hydroxyl groups is 1. The number of pyridine rings is 1. The van der Waals surface area contributed by atoms with E-state index < -0.39 is 0 Å². The first-order valence-corrected chi connectivity index (χ1v) is 7.51. The van der Waals surface area contributed by atoms with Crippen molar-refractivity contribution >= 4 is 5.91 Å². The first-order valence-electron chi connectivity index (χ1n) is 7.51. The van der Waals surface area contributed by atoms with E-state index >= 15 is 0 Å². The van der Waals surface area contributed by atoms with Crippen molar-refractivity contribution in [1.82, 2.24) is 20.1 Å². The van der Waals surface area contributed by atoms with Crippen molar-refractivity contribution < 1.29 is 9.90 Å². The number of nitrogens with zero attached hydrogens (tertiary/aromatic N) is 4. The SMILES string of the molecule is CNC(=O)c1ccc(-n2ncc(-c3ccc(C#N)cc3C)c2O)nc1. The quantitative estimate of drug-likeness (QED) is 0.764. The van der Waals surface area contributed by atoms with Gasteiger partial charge in [-0.3, -0.25) is 4.79 Å². The van der Waals surface area contributed by atoms with Crippen LogP contribution in [0.4, 0.5) is 0 Å². The number of benzene rings is 1. The van der Waals surface area contributed by atoms with E-state index in [-0.39, 0.29) is 11.8 Å². The molecule has 1 amide bonds. The number of hydrogen-bond acceptors (Lipinski definition) is 5. The Morgan fingerprint density at radius 1 is 1.24 bits per heavy atom. The summed E-state index contributed by atoms with van der Waals surface area (Å²) in [7, 11) is 1.54. The Hall–Kier alpha value is -3.66. The minimum atomic E-state index is -0.238. The zero-order chi connectivity index (χ0) is 18.0. The van der Waals surface area contributed by atoms with Crippen LogP contribution in [0.3, 0.4) is 0 Å². The molecule has 7 nitrogen and oxygen atoms in total. The number of hydrogen-bond donors (Lipinski definition) is 2. The maximum Gasteiger partial charge on any atom is 0.252 e. The second kappa shape index (κ2) is 6.45. The van der Waals surface area contributed by atoms with Gasteiger partial charge < -0.3 is 10.4 Å². The van der Waals surface area contributed by atoms with E-state index in [9.17, 15) is 9.90 Å². The fourth-order valence-electron chi connectivity index (χ4n) is 2.53. The molecule has 0 bridgehead atoms. The van der Waals surface area contributed by atoms with Gasteiger partial charge in [0.05, 0.1) is 29.0 Å². The number of amides is 1. The van der Waals surface area contributed by atoms with Gasteiger partial charge >= 0.3 is 0 Å². The zero-order valence-corrected chi connectivity index (χ0v) is 13.7. The molecule has 0 saturated carbocycles. The van der Waals surface area contributed by atoms with Crippen molar-refractivity contribution in [2.75, 3.05) is 7.05 Å². The van der Waals surface area contributed by atoms with E-state index in [2.05, 4.69) is 21.5 Å². The van der Waals surface area contributed by atoms with E-state index in [0.717, 1.165) is 11.1 Å². The lowest BCUT2D eigenvalue weighted by molar-refractivity contribution is 0.0962. The van der Waals surface area contributed by atoms with E-state index in [1.807, 2.05) is 6.92 Å². The number of carbonyl (C=O) groups excluding carboxylic acids is 1. The molecular formula is C18H15N5O2. The standard InChI is InChI=1S/C18H15N5O2/c1-11-7-12(8-19)3-5-14(11)15-10-22-23(18(15)25)16-6-4-13(9-21-16)17(24)20-2/h3-7,9-10,25H,1-2H3,(H,20,24). The Morgan fingerprint density at radius 2 is 2.04 bits per heavy atom. The lowest BCUT2D eigenvalue weighted by Crippen LogP contribution is -2.18. The van der Waals surface area contributed by atoms with Crippen molar-refractivity contribution in [2.45, 2.75) is 6.92 Å². The van der Waals surface area contributed by atoms with Crippen molar-refractivity contribution in [2.24, 2.45) is 0 Å². The summed E-state index contributed by atoms with van der Waals surface area (Å²) >= 11 is 0. The Balaban J connectivity index is 1.99. The van der Waals surface area contributed by atoms with Crippen molar-refractivity contribution in [3.05, 3.63) is 59.4 Å². The summed E-state index contributed by atoms with van der Waals surface area (Å²) in [5.74, 6) is 0.0911. The lowest BCUT2D eigenvalue weighted by Gasteiger charge is -2.06. The first kappa shape index (κ1) is 16.2. The van der Waals surface area contributed by atoms with Gasteiger partial charge in [-0.15, -0.1) is 0 Å². The fraction of sp³-hybridized carbons (Fsp3) is 0.111. The maximum absolute atomic E-state index is 11.6. The van der Waals surface area contributed by atoms with Crippen LogP contribution in [0.25, 0.3) is 16.9 Å². The average molecular weight is 333 g/mol. The topological polar surface area (TPSA) is 104 Å². The van der Waals surface area contributed by atoms with E-state index in [4.69, 9.17) is 5.26 Å². The monoisotopic (exact) mass is 333 g/mol. The Labute approximate surface area is 144 Å². The molecule has 0 spiro atoms. The number of aryl methyl sites for hydroxylation is 1. The Morgan fingerprint density at radius 3 is 2.64 bits per heavy atom. The van der Waals surface area contributed by atoms with Crippen LogP contribution in [0.2, 0.25) is 0 Å². The molecule has 0 aliphatic heterocycles. The molecular weight excluding hydrogens is 318 g/mol. The summed E-state index contributed by atoms with van der Waals surface area (Å²) in [5.41, 5.74) is 3.15. The summed E-state index contributed by atoms with van der Waals surface area (Å²) in [4.78, 5) is 15.7. The molecule has 25 heavy (non-hydrogen) atoms. The largest absolute Gasteiger partial charge is 0.493 e. The van der Waals surface area contributed by atoms with Gasteiger partial charge in [-0.1, -0.05) is 6.07 Å². The summed E-state index contributed by atoms with van der Waals surface area (Å²) in [6.07, 6.45) is 2.96. The molecule has 1 aromatic carbocycles. The molecule has 3 aromatic rings. The number of aromatic nitrogens is 3. The summed E-state index contributed by atoms with van der Waals surface area (Å²) in [6, 6.07) is 10.5. The fourth-order valence-corrected chi connectivity index (χ4v) is 2.53. The molecule has 3 rings (SSSR count). The molecule has 2 N–H and O–H groups in total. The highest BCUT2D eigenvalue weighted by Crippen LogP contribution is 2.32. The highest BCUT2D eigenvalue weighted by atomic mass is 16.3. The molecule has 0 atom stereocenters. The van der Waals surface area contributed by atoms with Crippen LogP contribution < -0.4 is 5.32 Å².